The molecule has 0 atom stereocenters. The number of hydrogen-bond acceptors (Lipinski definition) is 4. The van der Waals surface area contributed by atoms with Crippen molar-refractivity contribution in [3.05, 3.63) is 33.9 Å². The van der Waals surface area contributed by atoms with Crippen molar-refractivity contribution in [2.24, 2.45) is 0 Å². The van der Waals surface area contributed by atoms with Crippen LogP contribution in [0.4, 0.5) is 18.9 Å². The van der Waals surface area contributed by atoms with Gasteiger partial charge >= 0.3 is 6.18 Å². The maximum absolute atomic E-state index is 11.9. The average Bonchev–Trinajstić information content (AvgIpc) is 2.26. The Morgan fingerprint density at radius 2 is 2.11 bits per heavy atom. The summed E-state index contributed by atoms with van der Waals surface area (Å²) < 4.78 is 40.3. The highest BCUT2D eigenvalue weighted by molar-refractivity contribution is 5.52. The summed E-state index contributed by atoms with van der Waals surface area (Å²) in [4.78, 5) is 9.75. The topological polar surface area (TPSA) is 76.2 Å². The van der Waals surface area contributed by atoms with Crippen LogP contribution in [0.3, 0.4) is 0 Å². The molecule has 0 spiro atoms. The molecule has 1 rings (SSSR count). The van der Waals surface area contributed by atoms with Crippen molar-refractivity contribution in [2.45, 2.75) is 12.6 Å². The first-order valence-electron chi connectivity index (χ1n) is 4.71. The number of rotatable bonds is 4. The lowest BCUT2D eigenvalue weighted by molar-refractivity contribution is -0.385. The molecule has 0 amide bonds. The maximum atomic E-state index is 11.9. The predicted molar refractivity (Wildman–Crippen MR) is 54.0 cm³/mol. The lowest BCUT2D eigenvalue weighted by Gasteiger charge is -2.08. The Hall–Kier alpha value is -2.30. The van der Waals surface area contributed by atoms with E-state index in [1.165, 1.54) is 0 Å². The van der Waals surface area contributed by atoms with E-state index in [4.69, 9.17) is 10.00 Å². The minimum atomic E-state index is -4.33. The van der Waals surface area contributed by atoms with E-state index in [2.05, 4.69) is 0 Å². The lowest BCUT2D eigenvalue weighted by Crippen LogP contribution is -2.13. The molecule has 0 aliphatic carbocycles. The number of nitrogens with zero attached hydrogens (tertiary/aromatic N) is 2. The van der Waals surface area contributed by atoms with Gasteiger partial charge in [-0.05, 0) is 6.07 Å². The highest BCUT2D eigenvalue weighted by Gasteiger charge is 2.27. The minimum Gasteiger partial charge on any atom is -0.493 e. The first-order valence-corrected chi connectivity index (χ1v) is 4.71. The summed E-state index contributed by atoms with van der Waals surface area (Å²) in [7, 11) is 0. The summed E-state index contributed by atoms with van der Waals surface area (Å²) in [6, 6.07) is 4.78. The van der Waals surface area contributed by atoms with Crippen molar-refractivity contribution in [1.29, 1.82) is 5.26 Å². The standard InChI is InChI=1S/C10H7F3N2O3/c11-10(12,13)3-4-18-8-1-2-9(15(16)17)7(5-8)6-14/h1-2,5H,3-4H2. The third-order valence-corrected chi connectivity index (χ3v) is 1.94. The molecule has 8 heteroatoms. The molecule has 0 heterocycles. The molecule has 1 aromatic rings. The van der Waals surface area contributed by atoms with Crippen molar-refractivity contribution in [2.75, 3.05) is 6.61 Å². The Morgan fingerprint density at radius 1 is 1.44 bits per heavy atom. The van der Waals surface area contributed by atoms with Crippen LogP contribution in [0.5, 0.6) is 5.75 Å². The van der Waals surface area contributed by atoms with Crippen LogP contribution in [0, 0.1) is 21.4 Å². The van der Waals surface area contributed by atoms with Crippen LogP contribution in [-0.2, 0) is 0 Å². The van der Waals surface area contributed by atoms with Gasteiger partial charge in [-0.3, -0.25) is 10.1 Å². The van der Waals surface area contributed by atoms with E-state index in [1.807, 2.05) is 0 Å². The molecular formula is C10H7F3N2O3. The van der Waals surface area contributed by atoms with Gasteiger partial charge in [0.05, 0.1) is 18.0 Å². The second-order valence-corrected chi connectivity index (χ2v) is 3.26. The molecular weight excluding hydrogens is 253 g/mol. The van der Waals surface area contributed by atoms with Crippen molar-refractivity contribution in [1.82, 2.24) is 0 Å². The average molecular weight is 260 g/mol. The quantitative estimate of drug-likeness (QED) is 0.616. The zero-order valence-corrected chi connectivity index (χ0v) is 8.90. The van der Waals surface area contributed by atoms with Crippen LogP contribution >= 0.6 is 0 Å². The Bertz CT molecular complexity index is 494. The Morgan fingerprint density at radius 3 is 2.61 bits per heavy atom. The fourth-order valence-electron chi connectivity index (χ4n) is 1.14. The number of nitro benzene ring substituents is 1. The fraction of sp³-hybridized carbons (Fsp3) is 0.300. The molecule has 0 aromatic heterocycles. The predicted octanol–water partition coefficient (Wildman–Crippen LogP) is 2.80. The van der Waals surface area contributed by atoms with Gasteiger partial charge in [-0.25, -0.2) is 0 Å². The summed E-state index contributed by atoms with van der Waals surface area (Å²) >= 11 is 0. The number of ether oxygens (including phenoxy) is 1. The van der Waals surface area contributed by atoms with E-state index in [0.29, 0.717) is 0 Å². The van der Waals surface area contributed by atoms with E-state index >= 15 is 0 Å². The number of hydrogen-bond donors (Lipinski definition) is 0. The molecule has 0 aliphatic rings. The van der Waals surface area contributed by atoms with E-state index in [1.54, 1.807) is 6.07 Å². The van der Waals surface area contributed by atoms with Gasteiger partial charge in [-0.15, -0.1) is 0 Å². The molecule has 96 valence electrons. The second-order valence-electron chi connectivity index (χ2n) is 3.26. The van der Waals surface area contributed by atoms with Gasteiger partial charge < -0.3 is 4.74 Å². The van der Waals surface area contributed by atoms with Crippen molar-refractivity contribution in [3.63, 3.8) is 0 Å². The fourth-order valence-corrected chi connectivity index (χ4v) is 1.14. The number of alkyl halides is 3. The summed E-state index contributed by atoms with van der Waals surface area (Å²) in [5.41, 5.74) is -0.676. The molecule has 18 heavy (non-hydrogen) atoms. The van der Waals surface area contributed by atoms with Gasteiger partial charge in [0.25, 0.3) is 5.69 Å². The van der Waals surface area contributed by atoms with Crippen LogP contribution in [-0.4, -0.2) is 17.7 Å². The molecule has 1 aromatic carbocycles. The van der Waals surface area contributed by atoms with Crippen LogP contribution in [0.15, 0.2) is 18.2 Å². The maximum Gasteiger partial charge on any atom is 0.392 e. The molecule has 0 N–H and O–H groups in total. The second kappa shape index (κ2) is 5.35. The van der Waals surface area contributed by atoms with Gasteiger partial charge in [0.1, 0.15) is 17.4 Å². The highest BCUT2D eigenvalue weighted by atomic mass is 19.4. The molecule has 5 nitrogen and oxygen atoms in total. The summed E-state index contributed by atoms with van der Waals surface area (Å²) in [5.74, 6) is -0.0126. The van der Waals surface area contributed by atoms with E-state index < -0.39 is 29.8 Å². The van der Waals surface area contributed by atoms with Crippen LogP contribution in [0.1, 0.15) is 12.0 Å². The highest BCUT2D eigenvalue weighted by Crippen LogP contribution is 2.24. The zero-order chi connectivity index (χ0) is 13.8. The Balaban J connectivity index is 2.75. The smallest absolute Gasteiger partial charge is 0.392 e. The minimum absolute atomic E-state index is 0.0126. The lowest BCUT2D eigenvalue weighted by atomic mass is 10.2. The molecule has 0 saturated carbocycles. The number of halogens is 3. The Labute approximate surface area is 99.5 Å². The van der Waals surface area contributed by atoms with Crippen molar-refractivity contribution in [3.8, 4) is 11.8 Å². The zero-order valence-electron chi connectivity index (χ0n) is 8.90. The number of nitriles is 1. The normalized spacial score (nSPS) is 10.8. The number of nitro groups is 1. The summed E-state index contributed by atoms with van der Waals surface area (Å²) in [5, 5.41) is 19.2. The number of benzene rings is 1. The summed E-state index contributed by atoms with van der Waals surface area (Å²) in [6.07, 6.45) is -5.47. The van der Waals surface area contributed by atoms with Gasteiger partial charge in [0.15, 0.2) is 0 Å². The monoisotopic (exact) mass is 260 g/mol. The molecule has 0 fully saturated rings. The van der Waals surface area contributed by atoms with Crippen molar-refractivity contribution < 1.29 is 22.8 Å². The van der Waals surface area contributed by atoms with E-state index in [-0.39, 0.29) is 11.3 Å². The van der Waals surface area contributed by atoms with Crippen LogP contribution < -0.4 is 4.74 Å². The summed E-state index contributed by atoms with van der Waals surface area (Å²) in [6.45, 7) is -0.605. The SMILES string of the molecule is N#Cc1cc(OCCC(F)(F)F)ccc1[N+](=O)[O-]. The third-order valence-electron chi connectivity index (χ3n) is 1.94. The first-order chi connectivity index (χ1) is 8.33. The molecule has 0 aliphatic heterocycles. The van der Waals surface area contributed by atoms with E-state index in [9.17, 15) is 23.3 Å². The Kier molecular flexibility index (Phi) is 4.09. The van der Waals surface area contributed by atoms with Gasteiger partial charge in [0.2, 0.25) is 0 Å². The van der Waals surface area contributed by atoms with E-state index in [0.717, 1.165) is 18.2 Å². The molecule has 0 bridgehead atoms. The molecule has 0 unspecified atom stereocenters. The van der Waals surface area contributed by atoms with Crippen LogP contribution in [0.25, 0.3) is 0 Å². The van der Waals surface area contributed by atoms with Gasteiger partial charge in [-0.2, -0.15) is 18.4 Å². The largest absolute Gasteiger partial charge is 0.493 e. The van der Waals surface area contributed by atoms with Crippen LogP contribution in [0.2, 0.25) is 0 Å². The molecule has 0 saturated heterocycles. The van der Waals surface area contributed by atoms with Gasteiger partial charge in [0, 0.05) is 12.1 Å². The van der Waals surface area contributed by atoms with Crippen molar-refractivity contribution >= 4 is 5.69 Å². The van der Waals surface area contributed by atoms with Gasteiger partial charge in [-0.1, -0.05) is 0 Å². The molecule has 0 radical (unpaired) electrons. The third kappa shape index (κ3) is 3.93. The first kappa shape index (κ1) is 13.8.